The van der Waals surface area contributed by atoms with Gasteiger partial charge in [-0.05, 0) is 30.2 Å². The van der Waals surface area contributed by atoms with Crippen LogP contribution in [0.1, 0.15) is 44.6 Å². The van der Waals surface area contributed by atoms with Gasteiger partial charge >= 0.3 is 5.97 Å². The Kier molecular flexibility index (Phi) is 9.42. The molecule has 0 unspecified atom stereocenters. The van der Waals surface area contributed by atoms with Crippen LogP contribution < -0.4 is 0 Å². The van der Waals surface area contributed by atoms with Gasteiger partial charge in [-0.3, -0.25) is 9.59 Å². The maximum atomic E-state index is 12.9. The number of benzene rings is 1. The van der Waals surface area contributed by atoms with E-state index in [0.29, 0.717) is 13.1 Å². The number of hydrogen-bond donors (Lipinski definition) is 0. The van der Waals surface area contributed by atoms with Crippen LogP contribution in [0, 0.1) is 5.82 Å². The Morgan fingerprint density at radius 3 is 2.46 bits per heavy atom. The van der Waals surface area contributed by atoms with Gasteiger partial charge in [0, 0.05) is 19.2 Å². The Labute approximate surface area is 143 Å². The van der Waals surface area contributed by atoms with E-state index in [4.69, 9.17) is 0 Å². The van der Waals surface area contributed by atoms with Crippen LogP contribution in [0.25, 0.3) is 6.08 Å². The normalized spacial score (nSPS) is 10.8. The first kappa shape index (κ1) is 19.9. The Hall–Kier alpha value is -2.17. The molecule has 0 aromatic heterocycles. The van der Waals surface area contributed by atoms with Crippen LogP contribution in [0.3, 0.4) is 0 Å². The van der Waals surface area contributed by atoms with Crippen molar-refractivity contribution >= 4 is 18.0 Å². The summed E-state index contributed by atoms with van der Waals surface area (Å²) in [6.45, 7) is 3.08. The fraction of sp³-hybridized carbons (Fsp3) is 0.474. The van der Waals surface area contributed by atoms with E-state index in [0.717, 1.165) is 31.2 Å². The quantitative estimate of drug-likeness (QED) is 0.371. The second kappa shape index (κ2) is 11.4. The molecule has 1 aromatic rings. The predicted molar refractivity (Wildman–Crippen MR) is 92.8 cm³/mol. The molecule has 132 valence electrons. The summed E-state index contributed by atoms with van der Waals surface area (Å²) in [4.78, 5) is 25.3. The Morgan fingerprint density at radius 1 is 1.12 bits per heavy atom. The number of methoxy groups -OCH3 is 1. The third kappa shape index (κ3) is 7.90. The molecule has 1 aromatic carbocycles. The lowest BCUT2D eigenvalue weighted by atomic mass is 10.2. The highest BCUT2D eigenvalue weighted by Crippen LogP contribution is 2.07. The van der Waals surface area contributed by atoms with Crippen LogP contribution in [-0.4, -0.2) is 37.0 Å². The fourth-order valence-corrected chi connectivity index (χ4v) is 2.24. The van der Waals surface area contributed by atoms with Crippen LogP contribution in [0.5, 0.6) is 0 Å². The zero-order chi connectivity index (χ0) is 17.8. The first-order valence-electron chi connectivity index (χ1n) is 8.36. The van der Waals surface area contributed by atoms with Crippen LogP contribution in [-0.2, 0) is 14.3 Å². The van der Waals surface area contributed by atoms with Crippen molar-refractivity contribution < 1.29 is 18.7 Å². The van der Waals surface area contributed by atoms with E-state index >= 15 is 0 Å². The molecule has 0 aliphatic heterocycles. The summed E-state index contributed by atoms with van der Waals surface area (Å²) in [5.74, 6) is -0.794. The summed E-state index contributed by atoms with van der Waals surface area (Å²) in [6, 6.07) is 5.92. The molecule has 0 aliphatic rings. The van der Waals surface area contributed by atoms with Crippen molar-refractivity contribution in [2.75, 3.05) is 20.2 Å². The predicted octanol–water partition coefficient (Wildman–Crippen LogP) is 3.81. The second-order valence-electron chi connectivity index (χ2n) is 5.60. The lowest BCUT2D eigenvalue weighted by Crippen LogP contribution is -2.32. The van der Waals surface area contributed by atoms with Gasteiger partial charge in [-0.1, -0.05) is 38.3 Å². The van der Waals surface area contributed by atoms with Crippen LogP contribution in [0.15, 0.2) is 30.3 Å². The molecule has 24 heavy (non-hydrogen) atoms. The number of ether oxygens (including phenoxy) is 1. The second-order valence-corrected chi connectivity index (χ2v) is 5.60. The largest absolute Gasteiger partial charge is 0.469 e. The highest BCUT2D eigenvalue weighted by molar-refractivity contribution is 5.92. The third-order valence-electron chi connectivity index (χ3n) is 3.70. The number of esters is 1. The van der Waals surface area contributed by atoms with Crippen molar-refractivity contribution in [1.29, 1.82) is 0 Å². The van der Waals surface area contributed by atoms with Crippen LogP contribution in [0.2, 0.25) is 0 Å². The standard InChI is InChI=1S/C19H26FNO3/c1-3-4-5-6-14-21(15-13-19(23)24-2)18(22)12-9-16-7-10-17(20)11-8-16/h7-12H,3-6,13-15H2,1-2H3/b12-9+. The van der Waals surface area contributed by atoms with Crippen molar-refractivity contribution in [2.24, 2.45) is 0 Å². The number of nitrogens with zero attached hydrogens (tertiary/aromatic N) is 1. The maximum Gasteiger partial charge on any atom is 0.307 e. The molecule has 0 atom stereocenters. The third-order valence-corrected chi connectivity index (χ3v) is 3.70. The molecule has 1 rings (SSSR count). The van der Waals surface area contributed by atoms with E-state index in [1.54, 1.807) is 23.1 Å². The SMILES string of the molecule is CCCCCCN(CCC(=O)OC)C(=O)/C=C/c1ccc(F)cc1. The van der Waals surface area contributed by atoms with Crippen molar-refractivity contribution in [3.05, 3.63) is 41.7 Å². The minimum atomic E-state index is -0.330. The fourth-order valence-electron chi connectivity index (χ4n) is 2.24. The molecule has 0 aliphatic carbocycles. The summed E-state index contributed by atoms with van der Waals surface area (Å²) in [7, 11) is 1.34. The number of hydrogen-bond acceptors (Lipinski definition) is 3. The highest BCUT2D eigenvalue weighted by atomic mass is 19.1. The minimum absolute atomic E-state index is 0.153. The molecule has 0 spiro atoms. The first-order valence-corrected chi connectivity index (χ1v) is 8.36. The summed E-state index contributed by atoms with van der Waals surface area (Å²) in [5, 5.41) is 0. The van der Waals surface area contributed by atoms with E-state index in [1.807, 2.05) is 0 Å². The molecule has 0 bridgehead atoms. The van der Waals surface area contributed by atoms with Crippen molar-refractivity contribution in [1.82, 2.24) is 4.90 Å². The number of carbonyl (C=O) groups excluding carboxylic acids is 2. The van der Waals surface area contributed by atoms with E-state index in [1.165, 1.54) is 25.3 Å². The Balaban J connectivity index is 2.62. The van der Waals surface area contributed by atoms with Gasteiger partial charge in [0.2, 0.25) is 5.91 Å². The molecule has 5 heteroatoms. The monoisotopic (exact) mass is 335 g/mol. The number of halogens is 1. The van der Waals surface area contributed by atoms with E-state index in [9.17, 15) is 14.0 Å². The molecular weight excluding hydrogens is 309 g/mol. The smallest absolute Gasteiger partial charge is 0.307 e. The summed E-state index contributed by atoms with van der Waals surface area (Å²) in [5.41, 5.74) is 0.753. The summed E-state index contributed by atoms with van der Waals surface area (Å²) >= 11 is 0. The highest BCUT2D eigenvalue weighted by Gasteiger charge is 2.12. The van der Waals surface area contributed by atoms with Gasteiger partial charge < -0.3 is 9.64 Å². The maximum absolute atomic E-state index is 12.9. The topological polar surface area (TPSA) is 46.6 Å². The Bertz CT molecular complexity index is 540. The van der Waals surface area contributed by atoms with Gasteiger partial charge in [0.15, 0.2) is 0 Å². The number of unbranched alkanes of at least 4 members (excludes halogenated alkanes) is 3. The molecular formula is C19H26FNO3. The van der Waals surface area contributed by atoms with Gasteiger partial charge in [-0.2, -0.15) is 0 Å². The molecule has 0 N–H and O–H groups in total. The van der Waals surface area contributed by atoms with E-state index < -0.39 is 0 Å². The zero-order valence-electron chi connectivity index (χ0n) is 14.5. The Morgan fingerprint density at radius 2 is 1.83 bits per heavy atom. The number of amides is 1. The molecule has 1 amide bonds. The van der Waals surface area contributed by atoms with Gasteiger partial charge in [0.05, 0.1) is 13.5 Å². The number of rotatable bonds is 10. The van der Waals surface area contributed by atoms with Crippen molar-refractivity contribution in [3.8, 4) is 0 Å². The van der Waals surface area contributed by atoms with Crippen molar-refractivity contribution in [2.45, 2.75) is 39.0 Å². The average Bonchev–Trinajstić information content (AvgIpc) is 2.60. The van der Waals surface area contributed by atoms with E-state index in [-0.39, 0.29) is 24.1 Å². The molecule has 0 heterocycles. The lowest BCUT2D eigenvalue weighted by molar-refractivity contribution is -0.141. The van der Waals surface area contributed by atoms with Gasteiger partial charge in [-0.25, -0.2) is 4.39 Å². The molecule has 0 radical (unpaired) electrons. The molecule has 0 saturated heterocycles. The van der Waals surface area contributed by atoms with Gasteiger partial charge in [0.25, 0.3) is 0 Å². The van der Waals surface area contributed by atoms with Gasteiger partial charge in [0.1, 0.15) is 5.82 Å². The molecule has 0 saturated carbocycles. The van der Waals surface area contributed by atoms with Crippen molar-refractivity contribution in [3.63, 3.8) is 0 Å². The summed E-state index contributed by atoms with van der Waals surface area (Å²) < 4.78 is 17.5. The van der Waals surface area contributed by atoms with Gasteiger partial charge in [-0.15, -0.1) is 0 Å². The summed E-state index contributed by atoms with van der Waals surface area (Å²) in [6.07, 6.45) is 7.51. The molecule has 4 nitrogen and oxygen atoms in total. The zero-order valence-corrected chi connectivity index (χ0v) is 14.5. The average molecular weight is 335 g/mol. The lowest BCUT2D eigenvalue weighted by Gasteiger charge is -2.20. The number of carbonyl (C=O) groups is 2. The minimum Gasteiger partial charge on any atom is -0.469 e. The van der Waals surface area contributed by atoms with E-state index in [2.05, 4.69) is 11.7 Å². The van der Waals surface area contributed by atoms with Crippen LogP contribution >= 0.6 is 0 Å². The first-order chi connectivity index (χ1) is 11.6. The molecule has 0 fully saturated rings. The van der Waals surface area contributed by atoms with Crippen LogP contribution in [0.4, 0.5) is 4.39 Å².